The van der Waals surface area contributed by atoms with Gasteiger partial charge in [-0.2, -0.15) is 0 Å². The Balaban J connectivity index is 2.46. The lowest BCUT2D eigenvalue weighted by Crippen LogP contribution is -1.99. The van der Waals surface area contributed by atoms with E-state index in [1.807, 2.05) is 0 Å². The molecule has 2 rings (SSSR count). The molecule has 0 bridgehead atoms. The van der Waals surface area contributed by atoms with Gasteiger partial charge in [0.25, 0.3) is 0 Å². The van der Waals surface area contributed by atoms with Crippen LogP contribution in [0.5, 0.6) is 0 Å². The predicted octanol–water partition coefficient (Wildman–Crippen LogP) is 1.28. The third-order valence-electron chi connectivity index (χ3n) is 2.01. The van der Waals surface area contributed by atoms with Gasteiger partial charge in [-0.1, -0.05) is 6.07 Å². The second-order valence-electron chi connectivity index (χ2n) is 3.12. The highest BCUT2D eigenvalue weighted by molar-refractivity contribution is 5.94. The summed E-state index contributed by atoms with van der Waals surface area (Å²) in [6.07, 6.45) is 1.18. The molecular weight excluding hydrogens is 211 g/mol. The highest BCUT2D eigenvalue weighted by Crippen LogP contribution is 2.17. The molecule has 1 aromatic heterocycles. The molecule has 5 nitrogen and oxygen atoms in total. The zero-order valence-corrected chi connectivity index (χ0v) is 8.38. The first-order valence-electron chi connectivity index (χ1n) is 4.49. The van der Waals surface area contributed by atoms with E-state index in [0.29, 0.717) is 5.56 Å². The van der Waals surface area contributed by atoms with Crippen LogP contribution in [-0.4, -0.2) is 26.2 Å². The number of aromatic nitrogens is 4. The van der Waals surface area contributed by atoms with Crippen LogP contribution in [-0.2, 0) is 0 Å². The van der Waals surface area contributed by atoms with Gasteiger partial charge in [0, 0.05) is 5.56 Å². The molecule has 16 heavy (non-hydrogen) atoms. The van der Waals surface area contributed by atoms with Crippen LogP contribution in [0, 0.1) is 5.82 Å². The highest BCUT2D eigenvalue weighted by Gasteiger charge is 2.10. The van der Waals surface area contributed by atoms with E-state index < -0.39 is 5.82 Å². The molecule has 6 heteroatoms. The summed E-state index contributed by atoms with van der Waals surface area (Å²) in [7, 11) is 0. The van der Waals surface area contributed by atoms with Gasteiger partial charge in [0.2, 0.25) is 5.82 Å². The van der Waals surface area contributed by atoms with E-state index in [1.165, 1.54) is 25.4 Å². The molecule has 0 saturated carbocycles. The Morgan fingerprint density at radius 1 is 1.25 bits per heavy atom. The number of nitrogens with zero attached hydrogens (tertiary/aromatic N) is 4. The van der Waals surface area contributed by atoms with Gasteiger partial charge in [-0.25, -0.2) is 4.39 Å². The van der Waals surface area contributed by atoms with Crippen molar-refractivity contribution < 1.29 is 9.18 Å². The van der Waals surface area contributed by atoms with Crippen molar-refractivity contribution in [3.05, 3.63) is 35.9 Å². The van der Waals surface area contributed by atoms with Crippen LogP contribution in [0.1, 0.15) is 17.3 Å². The van der Waals surface area contributed by atoms with Crippen molar-refractivity contribution in [2.24, 2.45) is 0 Å². The Morgan fingerprint density at radius 3 is 2.50 bits per heavy atom. The van der Waals surface area contributed by atoms with E-state index in [9.17, 15) is 9.18 Å². The van der Waals surface area contributed by atoms with Crippen molar-refractivity contribution >= 4 is 5.78 Å². The predicted molar refractivity (Wildman–Crippen MR) is 53.0 cm³/mol. The van der Waals surface area contributed by atoms with Gasteiger partial charge in [0.05, 0.1) is 5.56 Å². The fourth-order valence-corrected chi connectivity index (χ4v) is 1.26. The molecule has 0 aliphatic rings. The number of halogens is 1. The minimum absolute atomic E-state index is 0.0422. The Kier molecular flexibility index (Phi) is 2.63. The molecule has 2 aromatic rings. The highest BCUT2D eigenvalue weighted by atomic mass is 19.1. The summed E-state index contributed by atoms with van der Waals surface area (Å²) in [6, 6.07) is 4.14. The smallest absolute Gasteiger partial charge is 0.203 e. The maximum absolute atomic E-state index is 13.5. The van der Waals surface area contributed by atoms with Crippen molar-refractivity contribution in [3.8, 4) is 11.4 Å². The maximum atomic E-state index is 13.5. The van der Waals surface area contributed by atoms with Crippen LogP contribution < -0.4 is 0 Å². The summed E-state index contributed by atoms with van der Waals surface area (Å²) in [5.74, 6) is -0.705. The number of carbonyl (C=O) groups is 1. The van der Waals surface area contributed by atoms with E-state index in [-0.39, 0.29) is 17.2 Å². The normalized spacial score (nSPS) is 10.1. The van der Waals surface area contributed by atoms with Crippen molar-refractivity contribution in [2.45, 2.75) is 6.92 Å². The first-order chi connectivity index (χ1) is 7.68. The third-order valence-corrected chi connectivity index (χ3v) is 2.01. The number of Topliss-reactive ketones (excluding diaryl/α,β-unsaturated/α-hetero) is 1. The van der Waals surface area contributed by atoms with Gasteiger partial charge in [0.1, 0.15) is 5.82 Å². The molecular formula is C10H7FN4O. The summed E-state index contributed by atoms with van der Waals surface area (Å²) < 4.78 is 13.5. The van der Waals surface area contributed by atoms with Crippen molar-refractivity contribution in [1.82, 2.24) is 20.4 Å². The Labute approximate surface area is 90.4 Å². The molecule has 0 amide bonds. The van der Waals surface area contributed by atoms with Gasteiger partial charge < -0.3 is 0 Å². The van der Waals surface area contributed by atoms with E-state index in [1.54, 1.807) is 6.07 Å². The molecule has 1 aromatic carbocycles. The lowest BCUT2D eigenvalue weighted by molar-refractivity contribution is 0.101. The zero-order chi connectivity index (χ0) is 11.5. The molecule has 0 spiro atoms. The zero-order valence-electron chi connectivity index (χ0n) is 8.38. The van der Waals surface area contributed by atoms with Gasteiger partial charge in [0.15, 0.2) is 12.1 Å². The van der Waals surface area contributed by atoms with Crippen molar-refractivity contribution in [3.63, 3.8) is 0 Å². The lowest BCUT2D eigenvalue weighted by atomic mass is 10.1. The molecule has 0 radical (unpaired) electrons. The summed E-state index contributed by atoms with van der Waals surface area (Å²) in [5, 5.41) is 14.4. The minimum Gasteiger partial charge on any atom is -0.294 e. The summed E-state index contributed by atoms with van der Waals surface area (Å²) in [6.45, 7) is 1.31. The quantitative estimate of drug-likeness (QED) is 0.710. The van der Waals surface area contributed by atoms with Crippen LogP contribution in [0.25, 0.3) is 11.4 Å². The number of carbonyl (C=O) groups excluding carboxylic acids is 1. The summed E-state index contributed by atoms with van der Waals surface area (Å²) in [5.41, 5.74) is 0.476. The van der Waals surface area contributed by atoms with Crippen LogP contribution in [0.3, 0.4) is 0 Å². The van der Waals surface area contributed by atoms with Gasteiger partial charge in [-0.15, -0.1) is 20.4 Å². The second-order valence-corrected chi connectivity index (χ2v) is 3.12. The molecule has 0 saturated heterocycles. The first kappa shape index (κ1) is 10.3. The topological polar surface area (TPSA) is 68.6 Å². The number of benzene rings is 1. The second kappa shape index (κ2) is 4.09. The average Bonchev–Trinajstić information content (AvgIpc) is 2.29. The van der Waals surface area contributed by atoms with Crippen LogP contribution in [0.4, 0.5) is 4.39 Å². The van der Waals surface area contributed by atoms with Gasteiger partial charge >= 0.3 is 0 Å². The maximum Gasteiger partial charge on any atom is 0.203 e. The fraction of sp³-hybridized carbons (Fsp3) is 0.100. The number of ketones is 1. The summed E-state index contributed by atoms with van der Waals surface area (Å²) >= 11 is 0. The minimum atomic E-state index is -0.600. The van der Waals surface area contributed by atoms with E-state index in [0.717, 1.165) is 0 Å². The average molecular weight is 218 g/mol. The number of hydrogen-bond donors (Lipinski definition) is 0. The summed E-state index contributed by atoms with van der Waals surface area (Å²) in [4.78, 5) is 11.0. The molecule has 0 aliphatic heterocycles. The van der Waals surface area contributed by atoms with Gasteiger partial charge in [-0.3, -0.25) is 4.79 Å². The Hall–Kier alpha value is -2.24. The van der Waals surface area contributed by atoms with Crippen molar-refractivity contribution in [2.75, 3.05) is 0 Å². The molecule has 0 unspecified atom stereocenters. The number of hydrogen-bond acceptors (Lipinski definition) is 5. The third kappa shape index (κ3) is 1.90. The Morgan fingerprint density at radius 2 is 1.94 bits per heavy atom. The molecule has 80 valence electrons. The monoisotopic (exact) mass is 218 g/mol. The van der Waals surface area contributed by atoms with E-state index in [4.69, 9.17) is 0 Å². The fourth-order valence-electron chi connectivity index (χ4n) is 1.26. The van der Waals surface area contributed by atoms with Crippen LogP contribution >= 0.6 is 0 Å². The molecule has 0 aliphatic carbocycles. The van der Waals surface area contributed by atoms with E-state index in [2.05, 4.69) is 20.4 Å². The largest absolute Gasteiger partial charge is 0.294 e. The Bertz CT molecular complexity index is 530. The van der Waals surface area contributed by atoms with Crippen molar-refractivity contribution in [1.29, 1.82) is 0 Å². The van der Waals surface area contributed by atoms with Crippen LogP contribution in [0.15, 0.2) is 24.5 Å². The standard InChI is InChI=1S/C10H7FN4O/c1-6(16)8-3-2-7(4-9(8)11)10-14-12-5-13-15-10/h2-5H,1H3. The van der Waals surface area contributed by atoms with E-state index >= 15 is 0 Å². The molecule has 0 atom stereocenters. The number of rotatable bonds is 2. The molecule has 0 N–H and O–H groups in total. The molecule has 1 heterocycles. The lowest BCUT2D eigenvalue weighted by Gasteiger charge is -2.01. The van der Waals surface area contributed by atoms with Crippen LogP contribution in [0.2, 0.25) is 0 Å². The molecule has 0 fully saturated rings. The SMILES string of the molecule is CC(=O)c1ccc(-c2nncnn2)cc1F. The first-order valence-corrected chi connectivity index (χ1v) is 4.49. The van der Waals surface area contributed by atoms with Gasteiger partial charge in [-0.05, 0) is 19.1 Å².